The van der Waals surface area contributed by atoms with Crippen molar-refractivity contribution in [3.8, 4) is 0 Å². The number of carboxylic acid groups (broad SMARTS) is 2. The maximum atomic E-state index is 12.0. The predicted octanol–water partition coefficient (Wildman–Crippen LogP) is -1.26. The van der Waals surface area contributed by atoms with Crippen LogP contribution in [0.4, 0.5) is 0 Å². The number of rotatable bonds is 12. The van der Waals surface area contributed by atoms with Gasteiger partial charge in [-0.05, 0) is 6.08 Å². The lowest BCUT2D eigenvalue weighted by Gasteiger charge is -2.22. The van der Waals surface area contributed by atoms with Crippen LogP contribution in [-0.4, -0.2) is 71.0 Å². The molecule has 0 aliphatic heterocycles. The quantitative estimate of drug-likeness (QED) is 0.319. The van der Waals surface area contributed by atoms with Gasteiger partial charge in [-0.1, -0.05) is 6.58 Å². The highest BCUT2D eigenvalue weighted by atomic mass is 16.4. The molecule has 25 heavy (non-hydrogen) atoms. The summed E-state index contributed by atoms with van der Waals surface area (Å²) in [6.07, 6.45) is 2.05. The Hall–Kier alpha value is -3.17. The Morgan fingerprint density at radius 1 is 0.880 bits per heavy atom. The summed E-state index contributed by atoms with van der Waals surface area (Å²) in [5, 5.41) is 21.9. The lowest BCUT2D eigenvalue weighted by molar-refractivity contribution is -0.140. The van der Waals surface area contributed by atoms with Gasteiger partial charge in [0.05, 0.1) is 6.42 Å². The van der Waals surface area contributed by atoms with Gasteiger partial charge in [0.1, 0.15) is 0 Å². The summed E-state index contributed by atoms with van der Waals surface area (Å²) in [5.74, 6) is -3.87. The first-order valence-corrected chi connectivity index (χ1v) is 7.35. The van der Waals surface area contributed by atoms with Crippen LogP contribution in [0.1, 0.15) is 12.8 Å². The van der Waals surface area contributed by atoms with E-state index in [9.17, 15) is 24.0 Å². The van der Waals surface area contributed by atoms with Crippen molar-refractivity contribution < 1.29 is 34.2 Å². The maximum absolute atomic E-state index is 12.0. The second-order valence-corrected chi connectivity index (χ2v) is 4.73. The third-order valence-electron chi connectivity index (χ3n) is 2.83. The molecular weight excluding hydrogens is 334 g/mol. The smallest absolute Gasteiger partial charge is 0.328 e. The number of carbonyl (C=O) groups excluding carboxylic acids is 3. The van der Waals surface area contributed by atoms with Gasteiger partial charge in [0.25, 0.3) is 0 Å². The lowest BCUT2D eigenvalue weighted by atomic mass is 10.2. The van der Waals surface area contributed by atoms with Gasteiger partial charge in [0.15, 0.2) is 0 Å². The van der Waals surface area contributed by atoms with Crippen molar-refractivity contribution in [2.45, 2.75) is 12.8 Å². The topological polar surface area (TPSA) is 153 Å². The third kappa shape index (κ3) is 12.0. The van der Waals surface area contributed by atoms with Crippen molar-refractivity contribution in [1.29, 1.82) is 0 Å². The van der Waals surface area contributed by atoms with Gasteiger partial charge in [-0.2, -0.15) is 0 Å². The van der Waals surface area contributed by atoms with Crippen molar-refractivity contribution >= 4 is 29.7 Å². The Labute approximate surface area is 144 Å². The summed E-state index contributed by atoms with van der Waals surface area (Å²) >= 11 is 0. The Morgan fingerprint density at radius 3 is 1.92 bits per heavy atom. The van der Waals surface area contributed by atoms with E-state index in [1.807, 2.05) is 0 Å². The standard InChI is InChI=1S/C15H21N3O7/c1-2-11(19)16-7-9-18(13(21)4-6-15(24)25)10-8-17-12(20)3-5-14(22)23/h2-3,5H,1,4,6-10H2,(H,16,19)(H,17,20)(H,22,23)(H,24,25)/b5-3+. The zero-order chi connectivity index (χ0) is 19.2. The van der Waals surface area contributed by atoms with Crippen LogP contribution in [0.3, 0.4) is 0 Å². The molecule has 0 atom stereocenters. The van der Waals surface area contributed by atoms with E-state index in [1.165, 1.54) is 4.90 Å². The molecule has 0 aromatic rings. The fourth-order valence-corrected chi connectivity index (χ4v) is 1.64. The number of carbonyl (C=O) groups is 5. The van der Waals surface area contributed by atoms with Crippen molar-refractivity contribution in [1.82, 2.24) is 15.5 Å². The molecule has 0 spiro atoms. The van der Waals surface area contributed by atoms with E-state index < -0.39 is 29.7 Å². The molecule has 0 unspecified atom stereocenters. The molecule has 0 bridgehead atoms. The van der Waals surface area contributed by atoms with E-state index in [2.05, 4.69) is 17.2 Å². The van der Waals surface area contributed by atoms with Gasteiger partial charge < -0.3 is 25.7 Å². The van der Waals surface area contributed by atoms with Gasteiger partial charge in [0, 0.05) is 44.8 Å². The second-order valence-electron chi connectivity index (χ2n) is 4.73. The average molecular weight is 355 g/mol. The SMILES string of the molecule is C=CC(=O)NCCN(CCNC(=O)/C=C/C(=O)O)C(=O)CCC(=O)O. The lowest BCUT2D eigenvalue weighted by Crippen LogP contribution is -2.42. The van der Waals surface area contributed by atoms with Crippen LogP contribution in [0.5, 0.6) is 0 Å². The van der Waals surface area contributed by atoms with E-state index in [4.69, 9.17) is 10.2 Å². The summed E-state index contributed by atoms with van der Waals surface area (Å²) in [5.41, 5.74) is 0. The van der Waals surface area contributed by atoms with Crippen LogP contribution in [0.2, 0.25) is 0 Å². The molecule has 0 fully saturated rings. The molecule has 10 heteroatoms. The van der Waals surface area contributed by atoms with Crippen molar-refractivity contribution in [3.05, 3.63) is 24.8 Å². The Balaban J connectivity index is 4.50. The molecule has 0 radical (unpaired) electrons. The number of amides is 3. The first-order valence-electron chi connectivity index (χ1n) is 7.35. The van der Waals surface area contributed by atoms with E-state index >= 15 is 0 Å². The molecule has 3 amide bonds. The first-order chi connectivity index (χ1) is 11.8. The van der Waals surface area contributed by atoms with E-state index in [0.29, 0.717) is 6.08 Å². The number of carboxylic acids is 2. The normalized spacial score (nSPS) is 10.1. The van der Waals surface area contributed by atoms with E-state index in [1.54, 1.807) is 0 Å². The zero-order valence-corrected chi connectivity index (χ0v) is 13.6. The fourth-order valence-electron chi connectivity index (χ4n) is 1.64. The molecule has 0 heterocycles. The summed E-state index contributed by atoms with van der Waals surface area (Å²) < 4.78 is 0. The monoisotopic (exact) mass is 355 g/mol. The molecule has 0 aromatic carbocycles. The fraction of sp³-hybridized carbons (Fsp3) is 0.400. The molecule has 0 saturated carbocycles. The molecule has 0 rings (SSSR count). The minimum absolute atomic E-state index is 0.0387. The van der Waals surface area contributed by atoms with Gasteiger partial charge in [-0.3, -0.25) is 19.2 Å². The van der Waals surface area contributed by atoms with Gasteiger partial charge >= 0.3 is 11.9 Å². The molecule has 0 saturated heterocycles. The van der Waals surface area contributed by atoms with Crippen LogP contribution < -0.4 is 10.6 Å². The Kier molecular flexibility index (Phi) is 10.7. The number of nitrogens with zero attached hydrogens (tertiary/aromatic N) is 1. The van der Waals surface area contributed by atoms with Crippen LogP contribution in [-0.2, 0) is 24.0 Å². The van der Waals surface area contributed by atoms with Crippen LogP contribution in [0.15, 0.2) is 24.8 Å². The highest BCUT2D eigenvalue weighted by Gasteiger charge is 2.15. The molecule has 0 aliphatic rings. The Morgan fingerprint density at radius 2 is 1.44 bits per heavy atom. The van der Waals surface area contributed by atoms with Crippen molar-refractivity contribution in [2.24, 2.45) is 0 Å². The highest BCUT2D eigenvalue weighted by molar-refractivity contribution is 5.93. The van der Waals surface area contributed by atoms with Gasteiger partial charge in [0.2, 0.25) is 17.7 Å². The summed E-state index contributed by atoms with van der Waals surface area (Å²) in [6.45, 7) is 3.66. The van der Waals surface area contributed by atoms with Crippen LogP contribution in [0.25, 0.3) is 0 Å². The number of aliphatic carboxylic acids is 2. The van der Waals surface area contributed by atoms with Gasteiger partial charge in [-0.15, -0.1) is 0 Å². The molecule has 0 aliphatic carbocycles. The number of hydrogen-bond donors (Lipinski definition) is 4. The highest BCUT2D eigenvalue weighted by Crippen LogP contribution is 1.98. The average Bonchev–Trinajstić information content (AvgIpc) is 2.56. The van der Waals surface area contributed by atoms with Gasteiger partial charge in [-0.25, -0.2) is 4.79 Å². The minimum atomic E-state index is -1.27. The maximum Gasteiger partial charge on any atom is 0.328 e. The second kappa shape index (κ2) is 12.3. The number of nitrogens with one attached hydrogen (secondary N) is 2. The van der Waals surface area contributed by atoms with Crippen LogP contribution >= 0.6 is 0 Å². The molecule has 10 nitrogen and oxygen atoms in total. The summed E-state index contributed by atoms with van der Waals surface area (Å²) in [6, 6.07) is 0. The van der Waals surface area contributed by atoms with Crippen LogP contribution in [0, 0.1) is 0 Å². The largest absolute Gasteiger partial charge is 0.481 e. The third-order valence-corrected chi connectivity index (χ3v) is 2.83. The van der Waals surface area contributed by atoms with E-state index in [-0.39, 0.29) is 39.0 Å². The first kappa shape index (κ1) is 21.8. The minimum Gasteiger partial charge on any atom is -0.481 e. The summed E-state index contributed by atoms with van der Waals surface area (Å²) in [7, 11) is 0. The van der Waals surface area contributed by atoms with E-state index in [0.717, 1.165) is 12.2 Å². The summed E-state index contributed by atoms with van der Waals surface area (Å²) in [4.78, 5) is 56.6. The Bertz CT molecular complexity index is 557. The molecule has 0 aromatic heterocycles. The predicted molar refractivity (Wildman–Crippen MR) is 86.4 cm³/mol. The zero-order valence-electron chi connectivity index (χ0n) is 13.6. The van der Waals surface area contributed by atoms with Crippen molar-refractivity contribution in [2.75, 3.05) is 26.2 Å². The number of hydrogen-bond acceptors (Lipinski definition) is 5. The molecule has 4 N–H and O–H groups in total. The molecule has 138 valence electrons. The molecular formula is C15H21N3O7. The van der Waals surface area contributed by atoms with Crippen molar-refractivity contribution in [3.63, 3.8) is 0 Å².